The van der Waals surface area contributed by atoms with Crippen LogP contribution in [0.3, 0.4) is 0 Å². The summed E-state index contributed by atoms with van der Waals surface area (Å²) in [6.07, 6.45) is 0.838. The summed E-state index contributed by atoms with van der Waals surface area (Å²) in [5.41, 5.74) is 0. The largest absolute Gasteiger partial charge is 0.371 e. The molecule has 11 heavy (non-hydrogen) atoms. The molecule has 0 aliphatic carbocycles. The van der Waals surface area contributed by atoms with E-state index in [0.717, 1.165) is 19.6 Å². The first-order valence-electron chi connectivity index (χ1n) is 4.34. The van der Waals surface area contributed by atoms with Crippen molar-refractivity contribution in [3.63, 3.8) is 0 Å². The maximum atomic E-state index is 5.78. The monoisotopic (exact) mass is 156 g/mol. The van der Waals surface area contributed by atoms with Gasteiger partial charge in [-0.25, -0.2) is 0 Å². The summed E-state index contributed by atoms with van der Waals surface area (Å²) in [5.74, 6) is 0. The third-order valence-electron chi connectivity index (χ3n) is 2.65. The number of hydrogen-bond acceptors (Lipinski definition) is 3. The predicted molar refractivity (Wildman–Crippen MR) is 43.6 cm³/mol. The normalized spacial score (nSPS) is 45.8. The molecule has 0 aromatic rings. The highest BCUT2D eigenvalue weighted by Gasteiger charge is 2.36. The third kappa shape index (κ3) is 1.28. The van der Waals surface area contributed by atoms with Crippen molar-refractivity contribution < 1.29 is 4.74 Å². The number of nitrogens with zero attached hydrogens (tertiary/aromatic N) is 1. The molecule has 2 heterocycles. The van der Waals surface area contributed by atoms with Crippen molar-refractivity contribution in [2.24, 2.45) is 0 Å². The van der Waals surface area contributed by atoms with Gasteiger partial charge in [-0.1, -0.05) is 0 Å². The predicted octanol–water partition coefficient (Wildman–Crippen LogP) is -0.323. The fourth-order valence-corrected chi connectivity index (χ4v) is 2.10. The zero-order chi connectivity index (χ0) is 7.84. The lowest BCUT2D eigenvalue weighted by molar-refractivity contribution is -0.0833. The lowest BCUT2D eigenvalue weighted by Gasteiger charge is -2.37. The van der Waals surface area contributed by atoms with E-state index in [1.54, 1.807) is 0 Å². The zero-order valence-corrected chi connectivity index (χ0v) is 7.21. The molecule has 2 rings (SSSR count). The van der Waals surface area contributed by atoms with Crippen LogP contribution < -0.4 is 5.32 Å². The average molecular weight is 156 g/mol. The highest BCUT2D eigenvalue weighted by atomic mass is 16.5. The number of nitrogens with one attached hydrogen (secondary N) is 1. The molecule has 0 radical (unpaired) electrons. The molecule has 3 heteroatoms. The summed E-state index contributed by atoms with van der Waals surface area (Å²) >= 11 is 0. The molecule has 3 nitrogen and oxygen atoms in total. The molecular formula is C8H16N2O. The quantitative estimate of drug-likeness (QED) is 0.520. The Kier molecular flexibility index (Phi) is 1.87. The number of likely N-dealkylation sites (N-methyl/N-ethyl adjacent to an activating group) is 1. The Hall–Kier alpha value is -0.120. The van der Waals surface area contributed by atoms with Crippen LogP contribution in [0.25, 0.3) is 0 Å². The fourth-order valence-electron chi connectivity index (χ4n) is 2.10. The number of hydrogen-bond donors (Lipinski definition) is 1. The molecule has 2 fully saturated rings. The van der Waals surface area contributed by atoms with Gasteiger partial charge in [-0.3, -0.25) is 4.90 Å². The van der Waals surface area contributed by atoms with Crippen LogP contribution in [0.15, 0.2) is 0 Å². The van der Waals surface area contributed by atoms with E-state index in [4.69, 9.17) is 4.74 Å². The lowest BCUT2D eigenvalue weighted by Crippen LogP contribution is -2.51. The molecule has 2 aliphatic rings. The van der Waals surface area contributed by atoms with Crippen LogP contribution in [0.4, 0.5) is 0 Å². The Morgan fingerprint density at radius 3 is 3.09 bits per heavy atom. The van der Waals surface area contributed by atoms with Crippen LogP contribution in [0.2, 0.25) is 0 Å². The number of rotatable bonds is 0. The van der Waals surface area contributed by atoms with E-state index in [9.17, 15) is 0 Å². The van der Waals surface area contributed by atoms with Crippen molar-refractivity contribution in [1.82, 2.24) is 10.2 Å². The van der Waals surface area contributed by atoms with E-state index in [0.29, 0.717) is 18.2 Å². The summed E-state index contributed by atoms with van der Waals surface area (Å²) < 4.78 is 5.78. The maximum absolute atomic E-state index is 5.78. The minimum Gasteiger partial charge on any atom is -0.371 e. The summed E-state index contributed by atoms with van der Waals surface area (Å²) in [5, 5.41) is 3.35. The van der Waals surface area contributed by atoms with E-state index in [1.807, 2.05) is 0 Å². The molecular weight excluding hydrogens is 140 g/mol. The summed E-state index contributed by atoms with van der Waals surface area (Å²) in [7, 11) is 2.18. The first-order chi connectivity index (χ1) is 5.27. The molecule has 3 unspecified atom stereocenters. The fraction of sp³-hybridized carbons (Fsp3) is 1.00. The van der Waals surface area contributed by atoms with Crippen LogP contribution in [0, 0.1) is 0 Å². The van der Waals surface area contributed by atoms with Gasteiger partial charge in [0.15, 0.2) is 0 Å². The Morgan fingerprint density at radius 1 is 1.45 bits per heavy atom. The minimum absolute atomic E-state index is 0.404. The molecule has 0 saturated carbocycles. The standard InChI is InChI=1S/C8H16N2O/c1-6-5-10(2)7-3-9-4-8(7)11-6/h6-9H,3-5H2,1-2H3. The second-order valence-electron chi connectivity index (χ2n) is 3.65. The van der Waals surface area contributed by atoms with Gasteiger partial charge in [-0.2, -0.15) is 0 Å². The van der Waals surface area contributed by atoms with E-state index >= 15 is 0 Å². The summed E-state index contributed by atoms with van der Waals surface area (Å²) in [6.45, 7) is 5.33. The highest BCUT2D eigenvalue weighted by Crippen LogP contribution is 2.18. The lowest BCUT2D eigenvalue weighted by atomic mass is 10.1. The van der Waals surface area contributed by atoms with E-state index in [1.165, 1.54) is 0 Å². The van der Waals surface area contributed by atoms with Crippen molar-refractivity contribution in [3.05, 3.63) is 0 Å². The Balaban J connectivity index is 2.04. The van der Waals surface area contributed by atoms with Gasteiger partial charge in [0.05, 0.1) is 12.2 Å². The van der Waals surface area contributed by atoms with Crippen molar-refractivity contribution in [1.29, 1.82) is 0 Å². The summed E-state index contributed by atoms with van der Waals surface area (Å²) in [6, 6.07) is 0.617. The van der Waals surface area contributed by atoms with Gasteiger partial charge in [0.2, 0.25) is 0 Å². The van der Waals surface area contributed by atoms with E-state index in [-0.39, 0.29) is 0 Å². The second-order valence-corrected chi connectivity index (χ2v) is 3.65. The van der Waals surface area contributed by atoms with E-state index < -0.39 is 0 Å². The van der Waals surface area contributed by atoms with Gasteiger partial charge >= 0.3 is 0 Å². The van der Waals surface area contributed by atoms with Crippen LogP contribution >= 0.6 is 0 Å². The molecule has 0 aromatic heterocycles. The Bertz CT molecular complexity index is 151. The molecule has 0 aromatic carbocycles. The molecule has 2 aliphatic heterocycles. The van der Waals surface area contributed by atoms with Crippen LogP contribution in [-0.4, -0.2) is 49.8 Å². The summed E-state index contributed by atoms with van der Waals surface area (Å²) in [4.78, 5) is 2.40. The molecule has 0 amide bonds. The molecule has 0 bridgehead atoms. The van der Waals surface area contributed by atoms with Crippen LogP contribution in [0.5, 0.6) is 0 Å². The number of morpholine rings is 1. The number of fused-ring (bicyclic) bond motifs is 1. The van der Waals surface area contributed by atoms with Gasteiger partial charge in [0, 0.05) is 25.7 Å². The highest BCUT2D eigenvalue weighted by molar-refractivity contribution is 4.92. The third-order valence-corrected chi connectivity index (χ3v) is 2.65. The smallest absolute Gasteiger partial charge is 0.0870 e. The van der Waals surface area contributed by atoms with Crippen molar-refractivity contribution in [2.75, 3.05) is 26.7 Å². The topological polar surface area (TPSA) is 24.5 Å². The van der Waals surface area contributed by atoms with Gasteiger partial charge in [-0.15, -0.1) is 0 Å². The average Bonchev–Trinajstić information content (AvgIpc) is 2.34. The maximum Gasteiger partial charge on any atom is 0.0870 e. The van der Waals surface area contributed by atoms with Crippen LogP contribution in [0.1, 0.15) is 6.92 Å². The van der Waals surface area contributed by atoms with Gasteiger partial charge < -0.3 is 10.1 Å². The van der Waals surface area contributed by atoms with Crippen molar-refractivity contribution in [3.8, 4) is 0 Å². The molecule has 1 N–H and O–H groups in total. The van der Waals surface area contributed by atoms with Crippen LogP contribution in [-0.2, 0) is 4.74 Å². The molecule has 2 saturated heterocycles. The van der Waals surface area contributed by atoms with Crippen molar-refractivity contribution >= 4 is 0 Å². The van der Waals surface area contributed by atoms with Gasteiger partial charge in [0.1, 0.15) is 0 Å². The van der Waals surface area contributed by atoms with Crippen molar-refractivity contribution in [2.45, 2.75) is 25.2 Å². The molecule has 64 valence electrons. The second kappa shape index (κ2) is 2.73. The SMILES string of the molecule is CC1CN(C)C2CNCC2O1. The van der Waals surface area contributed by atoms with Gasteiger partial charge in [0.25, 0.3) is 0 Å². The number of ether oxygens (including phenoxy) is 1. The Morgan fingerprint density at radius 2 is 2.27 bits per heavy atom. The van der Waals surface area contributed by atoms with Gasteiger partial charge in [-0.05, 0) is 14.0 Å². The molecule has 3 atom stereocenters. The first-order valence-corrected chi connectivity index (χ1v) is 4.34. The first kappa shape index (κ1) is 7.53. The van der Waals surface area contributed by atoms with E-state index in [2.05, 4.69) is 24.2 Å². The Labute approximate surface area is 67.7 Å². The molecule has 0 spiro atoms. The zero-order valence-electron chi connectivity index (χ0n) is 7.21. The minimum atomic E-state index is 0.404.